The average Bonchev–Trinajstić information content (AvgIpc) is 3.44. The Morgan fingerprint density at radius 3 is 2.73 bits per heavy atom. The van der Waals surface area contributed by atoms with Gasteiger partial charge in [-0.2, -0.15) is 5.10 Å². The minimum Gasteiger partial charge on any atom is -0.322 e. The van der Waals surface area contributed by atoms with Gasteiger partial charge in [0, 0.05) is 34.7 Å². The van der Waals surface area contributed by atoms with Crippen molar-refractivity contribution in [3.8, 4) is 0 Å². The quantitative estimate of drug-likeness (QED) is 0.297. The van der Waals surface area contributed by atoms with Crippen LogP contribution in [-0.4, -0.2) is 35.7 Å². The lowest BCUT2D eigenvalue weighted by atomic mass is 10.2. The third kappa shape index (κ3) is 4.81. The fraction of sp³-hybridized carbons (Fsp3) is 0.0455. The van der Waals surface area contributed by atoms with Gasteiger partial charge in [0.1, 0.15) is 10.7 Å². The highest BCUT2D eigenvalue weighted by Gasteiger charge is 2.11. The molecule has 0 unspecified atom stereocenters. The number of aromatic amines is 1. The van der Waals surface area contributed by atoms with Crippen LogP contribution in [0.1, 0.15) is 16.1 Å². The summed E-state index contributed by atoms with van der Waals surface area (Å²) in [4.78, 5) is 21.9. The van der Waals surface area contributed by atoms with Gasteiger partial charge in [0.25, 0.3) is 5.91 Å². The molecule has 0 atom stereocenters. The van der Waals surface area contributed by atoms with Gasteiger partial charge in [0.15, 0.2) is 11.6 Å². The summed E-state index contributed by atoms with van der Waals surface area (Å²) in [6.07, 6.45) is 3.30. The number of carbonyl (C=O) groups excluding carboxylic acids is 1. The molecule has 1 amide bonds. The summed E-state index contributed by atoms with van der Waals surface area (Å²) >= 11 is 7.18. The Hall–Kier alpha value is -3.89. The number of fused-ring (bicyclic) bond motifs is 1. The second-order valence-electron chi connectivity index (χ2n) is 7.09. The van der Waals surface area contributed by atoms with Crippen LogP contribution < -0.4 is 10.6 Å². The Morgan fingerprint density at radius 2 is 2.00 bits per heavy atom. The number of aromatic nitrogens is 6. The number of hydrogen-bond acceptors (Lipinski definition) is 7. The molecule has 0 radical (unpaired) electrons. The molecule has 4 heterocycles. The van der Waals surface area contributed by atoms with E-state index in [9.17, 15) is 4.79 Å². The van der Waals surface area contributed by atoms with Gasteiger partial charge in [0.05, 0.1) is 5.56 Å². The molecule has 33 heavy (non-hydrogen) atoms. The van der Waals surface area contributed by atoms with Crippen LogP contribution in [0.2, 0.25) is 5.15 Å². The van der Waals surface area contributed by atoms with Crippen LogP contribution in [0, 0.1) is 6.92 Å². The first-order valence-electron chi connectivity index (χ1n) is 9.89. The number of nitrogens with zero attached hydrogens (tertiary/aromatic N) is 5. The molecule has 0 fully saturated rings. The van der Waals surface area contributed by atoms with E-state index in [1.807, 2.05) is 55.6 Å². The molecule has 164 valence electrons. The molecular weight excluding hydrogens is 460 g/mol. The number of halogens is 1. The summed E-state index contributed by atoms with van der Waals surface area (Å²) in [6.45, 7) is 1.94. The average molecular weight is 477 g/mol. The van der Waals surface area contributed by atoms with E-state index in [4.69, 9.17) is 11.6 Å². The maximum absolute atomic E-state index is 12.4. The molecule has 5 aromatic rings. The molecule has 9 nitrogen and oxygen atoms in total. The first-order valence-corrected chi connectivity index (χ1v) is 11.1. The molecule has 5 rings (SSSR count). The third-order valence-electron chi connectivity index (χ3n) is 4.63. The minimum absolute atomic E-state index is 0.259. The third-order valence-corrected chi connectivity index (χ3v) is 5.72. The van der Waals surface area contributed by atoms with Crippen LogP contribution >= 0.6 is 23.4 Å². The van der Waals surface area contributed by atoms with E-state index < -0.39 is 0 Å². The van der Waals surface area contributed by atoms with Crippen molar-refractivity contribution in [1.82, 2.24) is 29.8 Å². The number of amides is 1. The minimum atomic E-state index is -0.259. The molecule has 0 spiro atoms. The molecular formula is C22H17ClN8OS. The standard InChI is InChI=1S/C22H17ClN8OS/c1-13-11-19(29-28-13)26-20-17-3-2-10-31(17)30-22(27-20)33-16-7-5-15(6-8-16)25-21(32)14-4-9-18(23)24-12-14/h2-12H,1H3,(H,25,32)(H2,26,27,28,29,30). The number of benzene rings is 1. The molecule has 0 saturated heterocycles. The van der Waals surface area contributed by atoms with Gasteiger partial charge < -0.3 is 10.6 Å². The van der Waals surface area contributed by atoms with Gasteiger partial charge >= 0.3 is 0 Å². The van der Waals surface area contributed by atoms with Crippen molar-refractivity contribution in [3.63, 3.8) is 0 Å². The van der Waals surface area contributed by atoms with Crippen LogP contribution in [0.25, 0.3) is 5.52 Å². The van der Waals surface area contributed by atoms with Gasteiger partial charge in [-0.1, -0.05) is 11.6 Å². The van der Waals surface area contributed by atoms with Gasteiger partial charge in [0.2, 0.25) is 5.16 Å². The molecule has 11 heteroatoms. The van der Waals surface area contributed by atoms with E-state index in [1.54, 1.807) is 16.6 Å². The van der Waals surface area contributed by atoms with Crippen molar-refractivity contribution in [2.45, 2.75) is 17.0 Å². The lowest BCUT2D eigenvalue weighted by molar-refractivity contribution is 0.102. The van der Waals surface area contributed by atoms with Crippen molar-refractivity contribution in [1.29, 1.82) is 0 Å². The van der Waals surface area contributed by atoms with E-state index >= 15 is 0 Å². The normalized spacial score (nSPS) is 11.0. The lowest BCUT2D eigenvalue weighted by Gasteiger charge is -2.09. The number of hydrogen-bond donors (Lipinski definition) is 3. The van der Waals surface area contributed by atoms with Gasteiger partial charge in [-0.25, -0.2) is 14.5 Å². The van der Waals surface area contributed by atoms with Crippen LogP contribution in [0.4, 0.5) is 17.3 Å². The first-order chi connectivity index (χ1) is 16.0. The van der Waals surface area contributed by atoms with E-state index in [2.05, 4.69) is 35.9 Å². The number of carbonyl (C=O) groups is 1. The molecule has 1 aromatic carbocycles. The Bertz CT molecular complexity index is 1430. The summed E-state index contributed by atoms with van der Waals surface area (Å²) in [5.74, 6) is 1.08. The summed E-state index contributed by atoms with van der Waals surface area (Å²) in [5.41, 5.74) is 2.89. The van der Waals surface area contributed by atoms with Gasteiger partial charge in [-0.05, 0) is 67.2 Å². The van der Waals surface area contributed by atoms with Gasteiger partial charge in [-0.15, -0.1) is 5.10 Å². The molecule has 0 aliphatic rings. The highest BCUT2D eigenvalue weighted by Crippen LogP contribution is 2.29. The molecule has 0 bridgehead atoms. The second-order valence-corrected chi connectivity index (χ2v) is 8.52. The predicted octanol–water partition coefficient (Wildman–Crippen LogP) is 4.96. The Kier molecular flexibility index (Phi) is 5.68. The van der Waals surface area contributed by atoms with Crippen LogP contribution in [0.15, 0.2) is 77.0 Å². The fourth-order valence-corrected chi connectivity index (χ4v) is 3.94. The number of aryl methyl sites for hydroxylation is 1. The number of nitrogens with one attached hydrogen (secondary N) is 3. The molecule has 0 aliphatic heterocycles. The molecule has 4 aromatic heterocycles. The zero-order valence-corrected chi connectivity index (χ0v) is 18.9. The summed E-state index contributed by atoms with van der Waals surface area (Å²) in [7, 11) is 0. The van der Waals surface area contributed by atoms with Crippen molar-refractivity contribution in [3.05, 3.63) is 83.4 Å². The summed E-state index contributed by atoms with van der Waals surface area (Å²) < 4.78 is 1.77. The van der Waals surface area contributed by atoms with E-state index in [1.165, 1.54) is 18.0 Å². The maximum atomic E-state index is 12.4. The number of pyridine rings is 1. The largest absolute Gasteiger partial charge is 0.322 e. The summed E-state index contributed by atoms with van der Waals surface area (Å²) in [5, 5.41) is 18.7. The predicted molar refractivity (Wildman–Crippen MR) is 127 cm³/mol. The summed E-state index contributed by atoms with van der Waals surface area (Å²) in [6, 6.07) is 16.4. The zero-order valence-electron chi connectivity index (χ0n) is 17.3. The molecule has 0 saturated carbocycles. The monoisotopic (exact) mass is 476 g/mol. The fourth-order valence-electron chi connectivity index (χ4n) is 3.08. The highest BCUT2D eigenvalue weighted by atomic mass is 35.5. The van der Waals surface area contributed by atoms with Crippen LogP contribution in [0.3, 0.4) is 0 Å². The lowest BCUT2D eigenvalue weighted by Crippen LogP contribution is -2.11. The van der Waals surface area contributed by atoms with E-state index in [0.717, 1.165) is 16.1 Å². The number of H-pyrrole nitrogens is 1. The molecule has 3 N–H and O–H groups in total. The number of anilines is 3. The van der Waals surface area contributed by atoms with Crippen molar-refractivity contribution >= 4 is 52.1 Å². The van der Waals surface area contributed by atoms with Crippen molar-refractivity contribution in [2.75, 3.05) is 10.6 Å². The van der Waals surface area contributed by atoms with Crippen LogP contribution in [-0.2, 0) is 0 Å². The smallest absolute Gasteiger partial charge is 0.257 e. The SMILES string of the molecule is Cc1cc(Nc2nc(Sc3ccc(NC(=O)c4ccc(Cl)nc4)cc3)nn3cccc23)n[nH]1. The van der Waals surface area contributed by atoms with Gasteiger partial charge in [-0.3, -0.25) is 9.89 Å². The van der Waals surface area contributed by atoms with Crippen molar-refractivity contribution in [2.24, 2.45) is 0 Å². The molecule has 0 aliphatic carbocycles. The Labute approximate surface area is 197 Å². The zero-order chi connectivity index (χ0) is 22.8. The van der Waals surface area contributed by atoms with E-state index in [0.29, 0.717) is 33.2 Å². The second kappa shape index (κ2) is 8.93. The highest BCUT2D eigenvalue weighted by molar-refractivity contribution is 7.99. The van der Waals surface area contributed by atoms with E-state index in [-0.39, 0.29) is 5.91 Å². The van der Waals surface area contributed by atoms with Crippen LogP contribution in [0.5, 0.6) is 0 Å². The van der Waals surface area contributed by atoms with Crippen molar-refractivity contribution < 1.29 is 4.79 Å². The first kappa shape index (κ1) is 21.0. The Balaban J connectivity index is 1.32. The maximum Gasteiger partial charge on any atom is 0.257 e. The topological polar surface area (TPSA) is 113 Å². The Morgan fingerprint density at radius 1 is 1.15 bits per heavy atom. The number of rotatable bonds is 6.